The minimum Gasteiger partial charge on any atom is -0.431 e. The molecule has 3 aromatic rings. The predicted molar refractivity (Wildman–Crippen MR) is 130 cm³/mol. The summed E-state index contributed by atoms with van der Waals surface area (Å²) in [4.78, 5) is 3.94. The van der Waals surface area contributed by atoms with Crippen molar-refractivity contribution in [3.05, 3.63) is 99.4 Å². The lowest BCUT2D eigenvalue weighted by molar-refractivity contribution is -0.838. The lowest BCUT2D eigenvalue weighted by Gasteiger charge is -2.29. The van der Waals surface area contributed by atoms with Gasteiger partial charge in [0.25, 0.3) is 0 Å². The Labute approximate surface area is 232 Å². The second-order valence-corrected chi connectivity index (χ2v) is 9.44. The highest BCUT2D eigenvalue weighted by Gasteiger charge is 2.58. The SMILES string of the molecule is C/C=C(\C=C/[NH2+]O)CC(c1ccc(OC(F)F)c(OC(F)F)c1)c1cnc(C(O)(c2ccc(F)cc2)C(F)(F)F)s1. The van der Waals surface area contributed by atoms with Crippen molar-refractivity contribution in [3.8, 4) is 11.5 Å². The van der Waals surface area contributed by atoms with Crippen LogP contribution in [0.25, 0.3) is 0 Å². The molecule has 222 valence electrons. The molecular weight excluding hydrogens is 588 g/mol. The summed E-state index contributed by atoms with van der Waals surface area (Å²) in [5, 5.41) is 19.1. The third kappa shape index (κ3) is 7.61. The van der Waals surface area contributed by atoms with E-state index in [1.54, 1.807) is 13.0 Å². The number of rotatable bonds is 12. The molecule has 2 aromatic carbocycles. The first-order chi connectivity index (χ1) is 19.3. The van der Waals surface area contributed by atoms with Crippen LogP contribution in [-0.4, -0.2) is 34.7 Å². The van der Waals surface area contributed by atoms with Crippen molar-refractivity contribution in [2.24, 2.45) is 0 Å². The number of aliphatic hydroxyl groups is 1. The molecule has 2 atom stereocenters. The largest absolute Gasteiger partial charge is 0.431 e. The first-order valence-corrected chi connectivity index (χ1v) is 12.5. The summed E-state index contributed by atoms with van der Waals surface area (Å²) in [5.41, 5.74) is -2.90. The quantitative estimate of drug-likeness (QED) is 0.129. The number of nitrogens with two attached hydrogens (primary N) is 1. The van der Waals surface area contributed by atoms with Crippen molar-refractivity contribution in [1.82, 2.24) is 4.98 Å². The maximum Gasteiger partial charge on any atom is 0.428 e. The summed E-state index contributed by atoms with van der Waals surface area (Å²) in [5.74, 6) is -3.20. The average Bonchev–Trinajstić information content (AvgIpc) is 3.39. The van der Waals surface area contributed by atoms with Gasteiger partial charge >= 0.3 is 19.4 Å². The normalized spacial score (nSPS) is 15.0. The topological polar surface area (TPSA) is 88.4 Å². The van der Waals surface area contributed by atoms with Gasteiger partial charge in [0, 0.05) is 17.0 Å². The van der Waals surface area contributed by atoms with Crippen LogP contribution in [0, 0.1) is 5.82 Å². The maximum absolute atomic E-state index is 14.3. The Morgan fingerprint density at radius 2 is 1.66 bits per heavy atom. The van der Waals surface area contributed by atoms with E-state index in [-0.39, 0.29) is 16.9 Å². The molecule has 0 aliphatic heterocycles. The van der Waals surface area contributed by atoms with Gasteiger partial charge in [-0.1, -0.05) is 24.3 Å². The van der Waals surface area contributed by atoms with Crippen molar-refractivity contribution in [1.29, 1.82) is 0 Å². The molecule has 0 amide bonds. The summed E-state index contributed by atoms with van der Waals surface area (Å²) in [6.45, 7) is -5.14. The molecule has 0 saturated heterocycles. The van der Waals surface area contributed by atoms with Crippen molar-refractivity contribution < 1.29 is 60.4 Å². The Bertz CT molecular complexity index is 1360. The van der Waals surface area contributed by atoms with Crippen LogP contribution in [0.5, 0.6) is 11.5 Å². The lowest BCUT2D eigenvalue weighted by Crippen LogP contribution is -2.73. The Morgan fingerprint density at radius 1 is 1.02 bits per heavy atom. The van der Waals surface area contributed by atoms with Gasteiger partial charge in [-0.3, -0.25) is 0 Å². The molecule has 3 rings (SSSR count). The van der Waals surface area contributed by atoms with Gasteiger partial charge in [-0.05, 0) is 60.4 Å². The number of nitrogens with zero attached hydrogens (tertiary/aromatic N) is 1. The smallest absolute Gasteiger partial charge is 0.428 e. The van der Waals surface area contributed by atoms with Gasteiger partial charge in [0.1, 0.15) is 17.0 Å². The molecular formula is C26H23F8N2O4S+. The van der Waals surface area contributed by atoms with E-state index < -0.39 is 58.8 Å². The van der Waals surface area contributed by atoms with Crippen molar-refractivity contribution in [2.45, 2.75) is 44.3 Å². The fourth-order valence-corrected chi connectivity index (χ4v) is 5.08. The van der Waals surface area contributed by atoms with Crippen LogP contribution >= 0.6 is 11.3 Å². The van der Waals surface area contributed by atoms with Gasteiger partial charge in [0.15, 0.2) is 11.5 Å². The van der Waals surface area contributed by atoms with Gasteiger partial charge < -0.3 is 14.6 Å². The van der Waals surface area contributed by atoms with Crippen LogP contribution in [0.4, 0.5) is 35.1 Å². The predicted octanol–water partition coefficient (Wildman–Crippen LogP) is 6.22. The third-order valence-electron chi connectivity index (χ3n) is 5.86. The van der Waals surface area contributed by atoms with Crippen molar-refractivity contribution >= 4 is 11.3 Å². The summed E-state index contributed by atoms with van der Waals surface area (Å²) in [7, 11) is 0. The third-order valence-corrected chi connectivity index (χ3v) is 7.08. The highest BCUT2D eigenvalue weighted by Crippen LogP contribution is 2.47. The van der Waals surface area contributed by atoms with Crippen LogP contribution in [0.1, 0.15) is 40.3 Å². The zero-order chi connectivity index (χ0) is 30.4. The molecule has 15 heteroatoms. The molecule has 0 bridgehead atoms. The average molecular weight is 612 g/mol. The zero-order valence-corrected chi connectivity index (χ0v) is 21.8. The van der Waals surface area contributed by atoms with E-state index in [9.17, 15) is 40.2 Å². The first kappa shape index (κ1) is 32.0. The lowest BCUT2D eigenvalue weighted by atomic mass is 9.90. The van der Waals surface area contributed by atoms with Crippen LogP contribution in [0.3, 0.4) is 0 Å². The number of hydrogen-bond acceptors (Lipinski definition) is 6. The summed E-state index contributed by atoms with van der Waals surface area (Å²) < 4.78 is 117. The first-order valence-electron chi connectivity index (χ1n) is 11.6. The number of quaternary nitrogens is 1. The molecule has 1 heterocycles. The van der Waals surface area contributed by atoms with Crippen molar-refractivity contribution in [2.75, 3.05) is 0 Å². The Kier molecular flexibility index (Phi) is 10.5. The maximum atomic E-state index is 14.3. The number of alkyl halides is 7. The van der Waals surface area contributed by atoms with Crippen LogP contribution in [0.15, 0.2) is 72.6 Å². The molecule has 0 fully saturated rings. The van der Waals surface area contributed by atoms with Crippen LogP contribution in [-0.2, 0) is 5.60 Å². The highest BCUT2D eigenvalue weighted by atomic mass is 32.1. The molecule has 0 aliphatic carbocycles. The second kappa shape index (κ2) is 13.4. The Morgan fingerprint density at radius 3 is 2.22 bits per heavy atom. The Hall–Kier alpha value is -3.53. The van der Waals surface area contributed by atoms with Gasteiger partial charge in [-0.15, -0.1) is 11.3 Å². The van der Waals surface area contributed by atoms with Gasteiger partial charge in [-0.2, -0.15) is 36.2 Å². The van der Waals surface area contributed by atoms with E-state index in [1.165, 1.54) is 18.3 Å². The fraction of sp³-hybridized carbons (Fsp3) is 0.269. The van der Waals surface area contributed by atoms with Crippen LogP contribution in [0.2, 0.25) is 0 Å². The summed E-state index contributed by atoms with van der Waals surface area (Å²) >= 11 is 0.456. The van der Waals surface area contributed by atoms with E-state index >= 15 is 0 Å². The monoisotopic (exact) mass is 611 g/mol. The second-order valence-electron chi connectivity index (χ2n) is 8.37. The van der Waals surface area contributed by atoms with Crippen LogP contribution < -0.4 is 15.0 Å². The summed E-state index contributed by atoms with van der Waals surface area (Å²) in [6.07, 6.45) is 0.140. The minimum atomic E-state index is -5.28. The molecule has 0 spiro atoms. The molecule has 41 heavy (non-hydrogen) atoms. The molecule has 1 aromatic heterocycles. The number of aromatic nitrogens is 1. The van der Waals surface area contributed by atoms with E-state index in [0.29, 0.717) is 16.9 Å². The Balaban J connectivity index is 2.17. The number of halogens is 8. The van der Waals surface area contributed by atoms with Crippen molar-refractivity contribution in [3.63, 3.8) is 0 Å². The number of hydroxylamine groups is 1. The minimum absolute atomic E-state index is 0.00658. The van der Waals surface area contributed by atoms with Gasteiger partial charge in [-0.25, -0.2) is 14.6 Å². The molecule has 2 unspecified atom stereocenters. The standard InChI is InChI=1S/C26H22F8N2O4S/c1-2-14(9-10-36-38)11-18(15-3-8-19(39-23(28)29)20(12-15)40-24(30)31)21-13-35-22(41-21)25(37,26(32,33)34)16-4-6-17(27)7-5-16/h2-10,12-13,18,23-24,36-38H,11H2,1H3/p+1/b10-9-,14-2+. The summed E-state index contributed by atoms with van der Waals surface area (Å²) in [6, 6.07) is 6.21. The number of allylic oxidation sites excluding steroid dienone is 3. The number of hydrogen-bond donors (Lipinski definition) is 3. The number of ether oxygens (including phenoxy) is 2. The fourth-order valence-electron chi connectivity index (χ4n) is 3.90. The van der Waals surface area contributed by atoms with Gasteiger partial charge in [0.05, 0.1) is 0 Å². The molecule has 0 aliphatic rings. The van der Waals surface area contributed by atoms with Gasteiger partial charge in [0.2, 0.25) is 5.60 Å². The van der Waals surface area contributed by atoms with E-state index in [0.717, 1.165) is 48.1 Å². The zero-order valence-electron chi connectivity index (χ0n) is 21.0. The molecule has 4 N–H and O–H groups in total. The number of thiazole rings is 1. The van der Waals surface area contributed by atoms with E-state index in [2.05, 4.69) is 14.5 Å². The molecule has 6 nitrogen and oxygen atoms in total. The number of benzene rings is 2. The molecule has 0 saturated carbocycles. The molecule has 0 radical (unpaired) electrons. The highest BCUT2D eigenvalue weighted by molar-refractivity contribution is 7.11. The van der Waals surface area contributed by atoms with E-state index in [1.807, 2.05) is 0 Å². The van der Waals surface area contributed by atoms with E-state index in [4.69, 9.17) is 5.21 Å².